The van der Waals surface area contributed by atoms with Gasteiger partial charge in [0.1, 0.15) is 0 Å². The van der Waals surface area contributed by atoms with E-state index in [0.29, 0.717) is 26.3 Å². The van der Waals surface area contributed by atoms with Crippen molar-refractivity contribution in [3.63, 3.8) is 0 Å². The van der Waals surface area contributed by atoms with Gasteiger partial charge in [-0.1, -0.05) is 0 Å². The van der Waals surface area contributed by atoms with E-state index in [1.165, 1.54) is 0 Å². The highest BCUT2D eigenvalue weighted by atomic mass is 16.5. The van der Waals surface area contributed by atoms with Crippen LogP contribution >= 0.6 is 0 Å². The number of aromatic nitrogens is 4. The van der Waals surface area contributed by atoms with Crippen LogP contribution in [0.1, 0.15) is 19.7 Å². The van der Waals surface area contributed by atoms with Crippen LogP contribution < -0.4 is 5.32 Å². The maximum atomic E-state index is 5.46. The summed E-state index contributed by atoms with van der Waals surface area (Å²) in [7, 11) is 1.68. The molecule has 0 saturated carbocycles. The van der Waals surface area contributed by atoms with Gasteiger partial charge in [0.25, 0.3) is 0 Å². The van der Waals surface area contributed by atoms with Crippen molar-refractivity contribution in [1.29, 1.82) is 0 Å². The van der Waals surface area contributed by atoms with Crippen LogP contribution in [0.15, 0.2) is 0 Å². The van der Waals surface area contributed by atoms with Gasteiger partial charge in [0.2, 0.25) is 0 Å². The van der Waals surface area contributed by atoms with Gasteiger partial charge in [-0.15, -0.1) is 5.10 Å². The molecular formula is C10H21N5O2. The summed E-state index contributed by atoms with van der Waals surface area (Å²) in [6.45, 7) is 7.40. The van der Waals surface area contributed by atoms with Crippen molar-refractivity contribution < 1.29 is 9.47 Å². The van der Waals surface area contributed by atoms with Gasteiger partial charge in [0, 0.05) is 13.7 Å². The average Bonchev–Trinajstić information content (AvgIpc) is 2.72. The zero-order valence-electron chi connectivity index (χ0n) is 10.7. The zero-order chi connectivity index (χ0) is 12.5. The lowest BCUT2D eigenvalue weighted by molar-refractivity contribution is 0.0701. The molecule has 0 bridgehead atoms. The lowest BCUT2D eigenvalue weighted by Gasteiger charge is -2.08. The summed E-state index contributed by atoms with van der Waals surface area (Å²) in [6, 6.07) is 0. The molecule has 1 N–H and O–H groups in total. The molecule has 0 unspecified atom stereocenters. The van der Waals surface area contributed by atoms with Crippen molar-refractivity contribution in [2.45, 2.75) is 33.0 Å². The van der Waals surface area contributed by atoms with Crippen molar-refractivity contribution in [2.75, 3.05) is 26.9 Å². The number of ether oxygens (including phenoxy) is 2. The molecule has 17 heavy (non-hydrogen) atoms. The van der Waals surface area contributed by atoms with Gasteiger partial charge in [-0.2, -0.15) is 0 Å². The third kappa shape index (κ3) is 5.71. The molecule has 1 rings (SSSR count). The van der Waals surface area contributed by atoms with E-state index in [2.05, 4.69) is 20.8 Å². The molecule has 0 aliphatic rings. The van der Waals surface area contributed by atoms with Crippen molar-refractivity contribution in [1.82, 2.24) is 25.5 Å². The molecular weight excluding hydrogens is 222 g/mol. The largest absolute Gasteiger partial charge is 0.383 e. The lowest BCUT2D eigenvalue weighted by Crippen LogP contribution is -2.22. The second kappa shape index (κ2) is 8.10. The molecule has 0 fully saturated rings. The summed E-state index contributed by atoms with van der Waals surface area (Å²) >= 11 is 0. The number of nitrogens with one attached hydrogen (secondary N) is 1. The Morgan fingerprint density at radius 1 is 1.35 bits per heavy atom. The molecule has 0 saturated heterocycles. The van der Waals surface area contributed by atoms with Crippen molar-refractivity contribution in [3.05, 3.63) is 5.82 Å². The number of nitrogens with zero attached hydrogens (tertiary/aromatic N) is 4. The molecule has 1 aromatic rings. The average molecular weight is 243 g/mol. The molecule has 0 spiro atoms. The number of hydrogen-bond acceptors (Lipinski definition) is 6. The normalized spacial score (nSPS) is 11.3. The molecule has 0 aliphatic heterocycles. The molecule has 0 aromatic carbocycles. The van der Waals surface area contributed by atoms with Crippen LogP contribution in [-0.4, -0.2) is 53.2 Å². The molecule has 1 heterocycles. The first-order valence-electron chi connectivity index (χ1n) is 5.80. The standard InChI is InChI=1S/C10H21N5O2/c1-9(2)17-7-5-15-10(12-13-14-15)8-11-4-6-16-3/h9,11H,4-8H2,1-3H3. The zero-order valence-corrected chi connectivity index (χ0v) is 10.7. The quantitative estimate of drug-likeness (QED) is 0.607. The van der Waals surface area contributed by atoms with E-state index in [9.17, 15) is 0 Å². The highest BCUT2D eigenvalue weighted by Crippen LogP contribution is 1.94. The first kappa shape index (κ1) is 14.0. The predicted molar refractivity (Wildman–Crippen MR) is 62.5 cm³/mol. The minimum atomic E-state index is 0.231. The SMILES string of the molecule is COCCNCc1nnnn1CCOC(C)C. The van der Waals surface area contributed by atoms with Crippen molar-refractivity contribution in [2.24, 2.45) is 0 Å². The highest BCUT2D eigenvalue weighted by Gasteiger charge is 2.05. The van der Waals surface area contributed by atoms with Crippen LogP contribution in [-0.2, 0) is 22.6 Å². The Morgan fingerprint density at radius 3 is 2.88 bits per heavy atom. The van der Waals surface area contributed by atoms with Crippen LogP contribution in [0.5, 0.6) is 0 Å². The Morgan fingerprint density at radius 2 is 2.18 bits per heavy atom. The van der Waals surface area contributed by atoms with Gasteiger partial charge in [0.15, 0.2) is 5.82 Å². The molecule has 0 radical (unpaired) electrons. The number of methoxy groups -OCH3 is 1. The fourth-order valence-corrected chi connectivity index (χ4v) is 1.27. The monoisotopic (exact) mass is 243 g/mol. The Hall–Kier alpha value is -1.05. The van der Waals surface area contributed by atoms with Gasteiger partial charge in [-0.3, -0.25) is 0 Å². The molecule has 1 aromatic heterocycles. The van der Waals surface area contributed by atoms with E-state index in [-0.39, 0.29) is 6.10 Å². The summed E-state index contributed by atoms with van der Waals surface area (Å²) in [5.74, 6) is 0.813. The maximum absolute atomic E-state index is 5.46. The van der Waals surface area contributed by atoms with Crippen LogP contribution in [0.2, 0.25) is 0 Å². The van der Waals surface area contributed by atoms with E-state index in [0.717, 1.165) is 12.4 Å². The minimum Gasteiger partial charge on any atom is -0.383 e. The third-order valence-electron chi connectivity index (χ3n) is 2.13. The molecule has 0 atom stereocenters. The van der Waals surface area contributed by atoms with Gasteiger partial charge < -0.3 is 14.8 Å². The van der Waals surface area contributed by atoms with Gasteiger partial charge in [-0.25, -0.2) is 4.68 Å². The van der Waals surface area contributed by atoms with E-state index >= 15 is 0 Å². The summed E-state index contributed by atoms with van der Waals surface area (Å²) in [5.41, 5.74) is 0. The van der Waals surface area contributed by atoms with E-state index < -0.39 is 0 Å². The highest BCUT2D eigenvalue weighted by molar-refractivity contribution is 4.79. The number of tetrazole rings is 1. The summed E-state index contributed by atoms with van der Waals surface area (Å²) in [4.78, 5) is 0. The summed E-state index contributed by atoms with van der Waals surface area (Å²) < 4.78 is 12.2. The van der Waals surface area contributed by atoms with E-state index in [1.807, 2.05) is 13.8 Å². The second-order valence-corrected chi connectivity index (χ2v) is 3.91. The van der Waals surface area contributed by atoms with Crippen LogP contribution in [0.3, 0.4) is 0 Å². The topological polar surface area (TPSA) is 74.1 Å². The Bertz CT molecular complexity index is 303. The fourth-order valence-electron chi connectivity index (χ4n) is 1.27. The summed E-state index contributed by atoms with van der Waals surface area (Å²) in [5, 5.41) is 14.7. The molecule has 98 valence electrons. The second-order valence-electron chi connectivity index (χ2n) is 3.91. The van der Waals surface area contributed by atoms with Crippen molar-refractivity contribution in [3.8, 4) is 0 Å². The maximum Gasteiger partial charge on any atom is 0.165 e. The Kier molecular flexibility index (Phi) is 6.68. The Labute approximate surface area is 101 Å². The smallest absolute Gasteiger partial charge is 0.165 e. The summed E-state index contributed by atoms with van der Waals surface area (Å²) in [6.07, 6.45) is 0.231. The number of rotatable bonds is 9. The molecule has 7 heteroatoms. The van der Waals surface area contributed by atoms with E-state index in [1.54, 1.807) is 11.8 Å². The van der Waals surface area contributed by atoms with Gasteiger partial charge in [-0.05, 0) is 24.3 Å². The minimum absolute atomic E-state index is 0.231. The van der Waals surface area contributed by atoms with Crippen LogP contribution in [0.25, 0.3) is 0 Å². The van der Waals surface area contributed by atoms with Gasteiger partial charge >= 0.3 is 0 Å². The fraction of sp³-hybridized carbons (Fsp3) is 0.900. The molecule has 0 amide bonds. The number of hydrogen-bond donors (Lipinski definition) is 1. The first-order chi connectivity index (χ1) is 8.24. The predicted octanol–water partition coefficient (Wildman–Crippen LogP) is -0.166. The lowest BCUT2D eigenvalue weighted by atomic mass is 10.5. The van der Waals surface area contributed by atoms with Gasteiger partial charge in [0.05, 0.1) is 32.4 Å². The Balaban J connectivity index is 2.27. The molecule has 0 aliphatic carbocycles. The third-order valence-corrected chi connectivity index (χ3v) is 2.13. The molecule has 7 nitrogen and oxygen atoms in total. The van der Waals surface area contributed by atoms with Crippen LogP contribution in [0, 0.1) is 0 Å². The first-order valence-corrected chi connectivity index (χ1v) is 5.80. The van der Waals surface area contributed by atoms with Crippen LogP contribution in [0.4, 0.5) is 0 Å². The van der Waals surface area contributed by atoms with Crippen molar-refractivity contribution >= 4 is 0 Å². The van der Waals surface area contributed by atoms with E-state index in [4.69, 9.17) is 9.47 Å².